The Hall–Kier alpha value is -18.4. The third-order valence-electron chi connectivity index (χ3n) is 26.9. The first-order chi connectivity index (χ1) is 67.5. The summed E-state index contributed by atoms with van der Waals surface area (Å²) in [6.07, 6.45) is 11.7. The Labute approximate surface area is 781 Å². The van der Waals surface area contributed by atoms with Gasteiger partial charge >= 0.3 is 0 Å². The molecular formula is C126H79N9O. The zero-order chi connectivity index (χ0) is 89.7. The maximum absolute atomic E-state index is 6.60. The molecule has 0 N–H and O–H groups in total. The Balaban J connectivity index is 0.000000106. The molecular weight excluding hydrogens is 1660 g/mol. The van der Waals surface area contributed by atoms with E-state index in [1.807, 2.05) is 104 Å². The predicted octanol–water partition coefficient (Wildman–Crippen LogP) is 32.8. The molecule has 0 saturated carbocycles. The minimum atomic E-state index is 0.819. The van der Waals surface area contributed by atoms with Crippen LogP contribution >= 0.6 is 0 Å². The molecule has 0 spiro atoms. The van der Waals surface area contributed by atoms with Crippen molar-refractivity contribution in [1.82, 2.24) is 43.1 Å². The number of fused-ring (bicyclic) bond motifs is 18. The molecule has 0 aliphatic carbocycles. The van der Waals surface area contributed by atoms with Crippen LogP contribution in [0.2, 0.25) is 0 Å². The van der Waals surface area contributed by atoms with Crippen molar-refractivity contribution in [2.75, 3.05) is 0 Å². The number of hydrogen-bond acceptors (Lipinski definition) is 7. The molecule has 0 bridgehead atoms. The van der Waals surface area contributed by atoms with Crippen LogP contribution in [0.5, 0.6) is 0 Å². The Morgan fingerprint density at radius 3 is 1.02 bits per heavy atom. The highest BCUT2D eigenvalue weighted by Crippen LogP contribution is 2.50. The minimum Gasteiger partial charge on any atom is -0.455 e. The molecule has 0 atom stereocenters. The lowest BCUT2D eigenvalue weighted by molar-refractivity contribution is 0.669. The molecule has 0 aliphatic rings. The predicted molar refractivity (Wildman–Crippen MR) is 564 cm³/mol. The van der Waals surface area contributed by atoms with Gasteiger partial charge in [0.15, 0.2) is 0 Å². The van der Waals surface area contributed by atoms with E-state index in [0.29, 0.717) is 0 Å². The second-order valence-corrected chi connectivity index (χ2v) is 34.7. The zero-order valence-corrected chi connectivity index (χ0v) is 73.5. The monoisotopic (exact) mass is 1730 g/mol. The van der Waals surface area contributed by atoms with Gasteiger partial charge in [-0.15, -0.1) is 0 Å². The van der Waals surface area contributed by atoms with Crippen molar-refractivity contribution in [2.45, 2.75) is 0 Å². The molecule has 0 aliphatic heterocycles. The van der Waals surface area contributed by atoms with Crippen LogP contribution in [0.15, 0.2) is 484 Å². The van der Waals surface area contributed by atoms with Gasteiger partial charge in [0, 0.05) is 59.1 Å². The molecule has 28 rings (SSSR count). The normalized spacial score (nSPS) is 11.7. The van der Waals surface area contributed by atoms with Gasteiger partial charge in [-0.05, 0) is 274 Å². The number of rotatable bonds is 11. The number of benzene rings is 18. The molecule has 10 aromatic heterocycles. The minimum absolute atomic E-state index is 0.819. The molecule has 0 unspecified atom stereocenters. The van der Waals surface area contributed by atoms with Gasteiger partial charge in [-0.2, -0.15) is 0 Å². The van der Waals surface area contributed by atoms with E-state index in [0.717, 1.165) is 118 Å². The highest BCUT2D eigenvalue weighted by Gasteiger charge is 2.27. The molecule has 634 valence electrons. The largest absolute Gasteiger partial charge is 0.455 e. The van der Waals surface area contributed by atoms with Crippen LogP contribution in [0.3, 0.4) is 0 Å². The van der Waals surface area contributed by atoms with E-state index < -0.39 is 0 Å². The quantitative estimate of drug-likeness (QED) is 0.0938. The third kappa shape index (κ3) is 13.4. The van der Waals surface area contributed by atoms with E-state index in [9.17, 15) is 0 Å². The van der Waals surface area contributed by atoms with Gasteiger partial charge in [0.1, 0.15) is 45.7 Å². The summed E-state index contributed by atoms with van der Waals surface area (Å²) < 4.78 is 13.1. The fourth-order valence-corrected chi connectivity index (χ4v) is 20.8. The van der Waals surface area contributed by atoms with Crippen LogP contribution in [0.4, 0.5) is 0 Å². The Morgan fingerprint density at radius 2 is 0.522 bits per heavy atom. The molecule has 10 heterocycles. The molecule has 10 nitrogen and oxygen atoms in total. The number of aromatic nitrogens is 9. The molecule has 0 amide bonds. The van der Waals surface area contributed by atoms with E-state index in [1.165, 1.54) is 141 Å². The summed E-state index contributed by atoms with van der Waals surface area (Å²) >= 11 is 0. The van der Waals surface area contributed by atoms with E-state index in [4.69, 9.17) is 19.4 Å². The van der Waals surface area contributed by atoms with Crippen LogP contribution in [0, 0.1) is 0 Å². The van der Waals surface area contributed by atoms with Crippen LogP contribution in [-0.2, 0) is 0 Å². The number of para-hydroxylation sites is 1. The Bertz CT molecular complexity index is 9550. The lowest BCUT2D eigenvalue weighted by Gasteiger charge is -2.19. The highest BCUT2D eigenvalue weighted by atomic mass is 16.3. The van der Waals surface area contributed by atoms with Gasteiger partial charge in [-0.3, -0.25) is 28.2 Å². The summed E-state index contributed by atoms with van der Waals surface area (Å²) in [5.41, 5.74) is 25.0. The van der Waals surface area contributed by atoms with Gasteiger partial charge in [-0.1, -0.05) is 322 Å². The maximum Gasteiger partial charge on any atom is 0.149 e. The first kappa shape index (κ1) is 78.6. The fraction of sp³-hybridized carbons (Fsp3) is 0. The molecule has 28 aromatic rings. The second-order valence-electron chi connectivity index (χ2n) is 34.7. The first-order valence-corrected chi connectivity index (χ1v) is 46.0. The van der Waals surface area contributed by atoms with Crippen molar-refractivity contribution in [2.24, 2.45) is 0 Å². The number of pyridine rings is 6. The fourth-order valence-electron chi connectivity index (χ4n) is 20.8. The molecule has 10 heteroatoms. The molecule has 0 radical (unpaired) electrons. The Kier molecular flexibility index (Phi) is 19.0. The summed E-state index contributed by atoms with van der Waals surface area (Å²) in [5.74, 6) is 2.61. The Morgan fingerprint density at radius 1 is 0.184 bits per heavy atom. The molecule has 0 fully saturated rings. The molecule has 0 saturated heterocycles. The SMILES string of the molecule is c1ccc(-c2c3ccccc3c(-c3cccc(-c4nc(-c5ccccn5)c5ccccn45)c3)c3ccccc23)cc1.c1ccc(-c2nc(-c3cc(-c4ccc5c6ccccc6c6ccccc6c5c4)cc4c3oc3ccccc34)n3ccccc23)nc1.c1ccc(-c2nc(-c3ccc4c(-c5ccc6ccccc6c5)c5ccccc5c(-c5ccc6ccccc6c5)c4c3)n3ccccc23)nc1. The number of imidazole rings is 3. The summed E-state index contributed by atoms with van der Waals surface area (Å²) in [5, 5.41) is 24.5. The van der Waals surface area contributed by atoms with Crippen LogP contribution in [0.1, 0.15) is 0 Å². The third-order valence-corrected chi connectivity index (χ3v) is 26.9. The number of hydrogen-bond donors (Lipinski definition) is 0. The van der Waals surface area contributed by atoms with E-state index >= 15 is 0 Å². The highest BCUT2D eigenvalue weighted by molar-refractivity contribution is 6.27. The van der Waals surface area contributed by atoms with Gasteiger partial charge in [-0.25, -0.2) is 15.0 Å². The first-order valence-electron chi connectivity index (χ1n) is 46.0. The van der Waals surface area contributed by atoms with Crippen molar-refractivity contribution in [3.63, 3.8) is 0 Å². The lowest BCUT2D eigenvalue weighted by Crippen LogP contribution is -1.93. The van der Waals surface area contributed by atoms with Crippen molar-refractivity contribution in [1.29, 1.82) is 0 Å². The van der Waals surface area contributed by atoms with Crippen molar-refractivity contribution >= 4 is 135 Å². The van der Waals surface area contributed by atoms with Gasteiger partial charge in [0.25, 0.3) is 0 Å². The van der Waals surface area contributed by atoms with Crippen molar-refractivity contribution < 1.29 is 4.42 Å². The zero-order valence-electron chi connectivity index (χ0n) is 73.5. The van der Waals surface area contributed by atoms with Gasteiger partial charge in [0.2, 0.25) is 0 Å². The average molecular weight is 1740 g/mol. The standard InChI is InChI=1S/C46H29N3.C42H25N3O.C38H25N3/c1-3-13-32-27-34(21-19-30(32)11-1)43-37-15-5-6-16-38(37)44(35-22-20-31-12-2-4-14-33(31)28-35)40-29-36(23-24-39(40)43)46-48-45(41-17-7-9-25-47-41)42-18-8-10-26-49(42)46;1-2-13-30-28(11-1)29-12-3-4-14-31(29)34-23-26(19-20-32(30)34)27-24-35-33-15-5-6-18-39(33)46-41(35)36(25-27)42-44-40(37-16-7-9-21-43-37)38-17-8-10-22-45(38)42;1-2-13-26(14-3-1)35-29-17-4-6-19-31(29)36(32-20-7-5-18-30(32)35)27-15-12-16-28(25-27)38-40-37(33-21-8-10-23-39-33)34-22-9-11-24-41(34)38/h1-29H;1-25H;1-25H. The summed E-state index contributed by atoms with van der Waals surface area (Å²) in [6, 6.07) is 157. The summed E-state index contributed by atoms with van der Waals surface area (Å²) in [4.78, 5) is 29.6. The van der Waals surface area contributed by atoms with Gasteiger partial charge < -0.3 is 4.42 Å². The average Bonchev–Trinajstić information content (AvgIpc) is 0.977. The van der Waals surface area contributed by atoms with Crippen LogP contribution in [-0.4, -0.2) is 43.1 Å². The van der Waals surface area contributed by atoms with Crippen LogP contribution < -0.4 is 0 Å². The van der Waals surface area contributed by atoms with Crippen molar-refractivity contribution in [3.05, 3.63) is 480 Å². The van der Waals surface area contributed by atoms with Crippen LogP contribution in [0.25, 0.3) is 259 Å². The van der Waals surface area contributed by atoms with E-state index in [-0.39, 0.29) is 0 Å². The maximum atomic E-state index is 6.60. The summed E-state index contributed by atoms with van der Waals surface area (Å²) in [6.45, 7) is 0. The van der Waals surface area contributed by atoms with E-state index in [2.05, 4.69) is 405 Å². The lowest BCUT2D eigenvalue weighted by atomic mass is 9.84. The molecule has 136 heavy (non-hydrogen) atoms. The van der Waals surface area contributed by atoms with Crippen molar-refractivity contribution in [3.8, 4) is 124 Å². The van der Waals surface area contributed by atoms with E-state index in [1.54, 1.807) is 0 Å². The topological polar surface area (TPSA) is 104 Å². The summed E-state index contributed by atoms with van der Waals surface area (Å²) in [7, 11) is 0. The smallest absolute Gasteiger partial charge is 0.149 e. The number of nitrogens with zero attached hydrogens (tertiary/aromatic N) is 9. The molecule has 18 aromatic carbocycles. The van der Waals surface area contributed by atoms with Gasteiger partial charge in [0.05, 0.1) is 39.2 Å². The second kappa shape index (κ2) is 32.9. The number of furan rings is 1.